The molecule has 1 nitrogen and oxygen atoms in total. The van der Waals surface area contributed by atoms with Crippen LogP contribution in [0.4, 0.5) is 0 Å². The Labute approximate surface area is 94.4 Å². The average molecular weight is 299 g/mol. The first kappa shape index (κ1) is 9.77. The smallest absolute Gasteiger partial charge is 0.400 e. The van der Waals surface area contributed by atoms with Crippen molar-refractivity contribution < 1.29 is 25.6 Å². The Balaban J connectivity index is 2.18. The van der Waals surface area contributed by atoms with Gasteiger partial charge in [-0.3, -0.25) is 0 Å². The molecule has 0 radical (unpaired) electrons. The summed E-state index contributed by atoms with van der Waals surface area (Å²) in [7, 11) is 0. The van der Waals surface area contributed by atoms with E-state index in [1.807, 2.05) is 13.0 Å². The van der Waals surface area contributed by atoms with Crippen molar-refractivity contribution in [1.82, 2.24) is 0 Å². The third-order valence-electron chi connectivity index (χ3n) is 1.89. The van der Waals surface area contributed by atoms with Gasteiger partial charge >= 0.3 is 25.0 Å². The van der Waals surface area contributed by atoms with Crippen LogP contribution in [0.2, 0.25) is 0 Å². The molecule has 1 aromatic carbocycles. The Kier molecular flexibility index (Phi) is 2.91. The molecule has 1 heterocycles. The van der Waals surface area contributed by atoms with Gasteiger partial charge in [0.05, 0.1) is 0 Å². The zero-order chi connectivity index (χ0) is 9.97. The Morgan fingerprint density at radius 3 is 2.57 bits per heavy atom. The van der Waals surface area contributed by atoms with Crippen molar-refractivity contribution in [1.29, 1.82) is 0 Å². The van der Waals surface area contributed by atoms with Crippen LogP contribution in [-0.4, -0.2) is 0 Å². The van der Waals surface area contributed by atoms with Crippen LogP contribution in [0.1, 0.15) is 11.3 Å². The van der Waals surface area contributed by atoms with Gasteiger partial charge in [-0.05, 0) is 37.6 Å². The maximum absolute atomic E-state index is 5.58. The van der Waals surface area contributed by atoms with E-state index in [4.69, 9.17) is 4.42 Å². The van der Waals surface area contributed by atoms with Gasteiger partial charge in [0.1, 0.15) is 5.76 Å². The predicted molar refractivity (Wildman–Crippen MR) is 52.0 cm³/mol. The van der Waals surface area contributed by atoms with Gasteiger partial charge in [-0.1, -0.05) is 12.1 Å². The van der Waals surface area contributed by atoms with E-state index in [0.717, 1.165) is 9.53 Å². The second-order valence-corrected chi connectivity index (χ2v) is 6.09. The van der Waals surface area contributed by atoms with Crippen molar-refractivity contribution in [3.05, 3.63) is 55.1 Å². The normalized spacial score (nSPS) is 10.4. The molecular formula is C12H12IO+. The summed E-state index contributed by atoms with van der Waals surface area (Å²) in [6.07, 6.45) is 0. The van der Waals surface area contributed by atoms with Gasteiger partial charge in [0, 0.05) is 6.07 Å². The van der Waals surface area contributed by atoms with Gasteiger partial charge in [-0.15, -0.1) is 0 Å². The summed E-state index contributed by atoms with van der Waals surface area (Å²) < 4.78 is 8.14. The molecule has 0 saturated carbocycles. The van der Waals surface area contributed by atoms with E-state index >= 15 is 0 Å². The fourth-order valence-corrected chi connectivity index (χ4v) is 3.69. The molecular weight excluding hydrogens is 287 g/mol. The highest BCUT2D eigenvalue weighted by Crippen LogP contribution is 1.96. The molecule has 2 aromatic rings. The van der Waals surface area contributed by atoms with E-state index in [2.05, 4.69) is 37.3 Å². The van der Waals surface area contributed by atoms with Crippen molar-refractivity contribution >= 4 is 0 Å². The Morgan fingerprint density at radius 2 is 1.93 bits per heavy atom. The first-order valence-electron chi connectivity index (χ1n) is 4.52. The van der Waals surface area contributed by atoms with Crippen LogP contribution in [0.25, 0.3) is 0 Å². The molecule has 0 bridgehead atoms. The summed E-state index contributed by atoms with van der Waals surface area (Å²) in [5.74, 6) is 1.01. The van der Waals surface area contributed by atoms with Gasteiger partial charge in [0.15, 0.2) is 3.57 Å². The topological polar surface area (TPSA) is 13.1 Å². The second-order valence-electron chi connectivity index (χ2n) is 3.24. The zero-order valence-corrected chi connectivity index (χ0v) is 10.4. The molecule has 0 amide bonds. The molecule has 72 valence electrons. The molecule has 0 unspecified atom stereocenters. The van der Waals surface area contributed by atoms with Crippen LogP contribution in [0.3, 0.4) is 0 Å². The fourth-order valence-electron chi connectivity index (χ4n) is 1.23. The van der Waals surface area contributed by atoms with Crippen LogP contribution in [-0.2, 0) is 0 Å². The highest BCUT2D eigenvalue weighted by atomic mass is 127. The number of rotatable bonds is 2. The molecule has 0 spiro atoms. The Bertz CT molecular complexity index is 431. The Hall–Kier alpha value is -0.770. The minimum Gasteiger partial charge on any atom is -0.424 e. The number of furan rings is 1. The lowest BCUT2D eigenvalue weighted by atomic mass is 10.2. The van der Waals surface area contributed by atoms with Crippen molar-refractivity contribution in [2.24, 2.45) is 0 Å². The predicted octanol–water partition coefficient (Wildman–Crippen LogP) is 0.0248. The molecule has 14 heavy (non-hydrogen) atoms. The Morgan fingerprint density at radius 1 is 1.07 bits per heavy atom. The van der Waals surface area contributed by atoms with E-state index in [9.17, 15) is 0 Å². The molecule has 0 atom stereocenters. The summed E-state index contributed by atoms with van der Waals surface area (Å²) in [6.45, 7) is 4.12. The van der Waals surface area contributed by atoms with Gasteiger partial charge in [0.25, 0.3) is 0 Å². The lowest BCUT2D eigenvalue weighted by molar-refractivity contribution is -0.617. The number of benzene rings is 1. The molecule has 2 rings (SSSR count). The van der Waals surface area contributed by atoms with E-state index in [0.29, 0.717) is 0 Å². The van der Waals surface area contributed by atoms with E-state index in [1.54, 1.807) is 0 Å². The quantitative estimate of drug-likeness (QED) is 0.713. The maximum Gasteiger partial charge on any atom is 0.400 e. The molecule has 0 aliphatic heterocycles. The SMILES string of the molecule is Cc1cccc([I+]c2ccc(C)o2)c1. The molecule has 0 aliphatic rings. The molecule has 0 fully saturated rings. The van der Waals surface area contributed by atoms with Crippen molar-refractivity contribution in [2.45, 2.75) is 13.8 Å². The third-order valence-corrected chi connectivity index (χ3v) is 4.30. The number of halogens is 1. The van der Waals surface area contributed by atoms with Crippen molar-refractivity contribution in [3.8, 4) is 0 Å². The van der Waals surface area contributed by atoms with Crippen LogP contribution < -0.4 is 21.2 Å². The second kappa shape index (κ2) is 4.17. The van der Waals surface area contributed by atoms with Crippen molar-refractivity contribution in [2.75, 3.05) is 0 Å². The zero-order valence-electron chi connectivity index (χ0n) is 8.25. The molecule has 2 heteroatoms. The van der Waals surface area contributed by atoms with Crippen LogP contribution in [0.5, 0.6) is 0 Å². The largest absolute Gasteiger partial charge is 0.424 e. The standard InChI is InChI=1S/C12H12IO/c1-9-4-3-5-11(8-9)13-12-7-6-10(2)14-12/h3-8H,1-2H3/q+1. The summed E-state index contributed by atoms with van der Waals surface area (Å²) in [6, 6.07) is 12.8. The van der Waals surface area contributed by atoms with Crippen LogP contribution in [0, 0.1) is 21.2 Å². The minimum atomic E-state index is -0.134. The van der Waals surface area contributed by atoms with Gasteiger partial charge in [-0.25, -0.2) is 0 Å². The minimum absolute atomic E-state index is 0.134. The van der Waals surface area contributed by atoms with Crippen LogP contribution >= 0.6 is 0 Å². The summed E-state index contributed by atoms with van der Waals surface area (Å²) in [5, 5.41) is 0. The number of hydrogen-bond acceptors (Lipinski definition) is 1. The lowest BCUT2D eigenvalue weighted by Gasteiger charge is -1.87. The highest BCUT2D eigenvalue weighted by Gasteiger charge is 2.19. The van der Waals surface area contributed by atoms with Gasteiger partial charge < -0.3 is 4.42 Å². The van der Waals surface area contributed by atoms with Gasteiger partial charge in [0.2, 0.25) is 0 Å². The fraction of sp³-hybridized carbons (Fsp3) is 0.167. The molecule has 0 saturated heterocycles. The first-order valence-corrected chi connectivity index (χ1v) is 6.68. The average Bonchev–Trinajstić information content (AvgIpc) is 2.51. The maximum atomic E-state index is 5.58. The molecule has 0 aliphatic carbocycles. The number of hydrogen-bond donors (Lipinski definition) is 0. The molecule has 1 aromatic heterocycles. The summed E-state index contributed by atoms with van der Waals surface area (Å²) in [5.41, 5.74) is 1.32. The summed E-state index contributed by atoms with van der Waals surface area (Å²) >= 11 is -0.134. The third kappa shape index (κ3) is 2.38. The van der Waals surface area contributed by atoms with E-state index in [-0.39, 0.29) is 21.2 Å². The molecule has 0 N–H and O–H groups in total. The first-order chi connectivity index (χ1) is 6.74. The van der Waals surface area contributed by atoms with Crippen molar-refractivity contribution in [3.63, 3.8) is 0 Å². The highest BCUT2D eigenvalue weighted by molar-refractivity contribution is 5.11. The van der Waals surface area contributed by atoms with E-state index in [1.165, 1.54) is 9.13 Å². The lowest BCUT2D eigenvalue weighted by Crippen LogP contribution is -3.61. The van der Waals surface area contributed by atoms with E-state index < -0.39 is 0 Å². The summed E-state index contributed by atoms with van der Waals surface area (Å²) in [4.78, 5) is 0. The monoisotopic (exact) mass is 299 g/mol. The number of aryl methyl sites for hydroxylation is 2. The van der Waals surface area contributed by atoms with Crippen LogP contribution in [0.15, 0.2) is 40.8 Å². The van der Waals surface area contributed by atoms with Gasteiger partial charge in [-0.2, -0.15) is 0 Å².